The smallest absolute Gasteiger partial charge is 0.193 e. The molecule has 2 aromatic rings. The fourth-order valence-corrected chi connectivity index (χ4v) is 2.88. The van der Waals surface area contributed by atoms with E-state index < -0.39 is 9.84 Å². The first-order chi connectivity index (χ1) is 10.1. The van der Waals surface area contributed by atoms with E-state index in [1.165, 1.54) is 0 Å². The van der Waals surface area contributed by atoms with E-state index in [1.54, 1.807) is 30.3 Å². The van der Waals surface area contributed by atoms with Crippen LogP contribution in [-0.2, 0) is 9.84 Å². The van der Waals surface area contributed by atoms with Gasteiger partial charge in [-0.1, -0.05) is 36.4 Å². The van der Waals surface area contributed by atoms with Crippen LogP contribution >= 0.6 is 0 Å². The van der Waals surface area contributed by atoms with Crippen LogP contribution in [0.25, 0.3) is 0 Å². The van der Waals surface area contributed by atoms with Crippen molar-refractivity contribution in [1.29, 1.82) is 0 Å². The molecule has 0 bridgehead atoms. The maximum Gasteiger partial charge on any atom is 0.193 e. The molecule has 0 aromatic heterocycles. The summed E-state index contributed by atoms with van der Waals surface area (Å²) in [4.78, 5) is 4.34. The Bertz CT molecular complexity index is 698. The Morgan fingerprint density at radius 2 is 1.57 bits per heavy atom. The molecule has 0 saturated carbocycles. The molecule has 0 aliphatic heterocycles. The third kappa shape index (κ3) is 4.61. The largest absolute Gasteiger partial charge is 0.370 e. The fraction of sp³-hybridized carbons (Fsp3) is 0.133. The van der Waals surface area contributed by atoms with Crippen LogP contribution in [0.1, 0.15) is 0 Å². The van der Waals surface area contributed by atoms with E-state index in [2.05, 4.69) is 10.3 Å². The number of aliphatic imine (C=N–C) groups is 1. The first-order valence-corrected chi connectivity index (χ1v) is 8.13. The van der Waals surface area contributed by atoms with Gasteiger partial charge in [-0.05, 0) is 24.3 Å². The lowest BCUT2D eigenvalue weighted by Crippen LogP contribution is -2.23. The average molecular weight is 303 g/mol. The minimum atomic E-state index is -3.32. The quantitative estimate of drug-likeness (QED) is 0.652. The number of hydrogen-bond donors (Lipinski definition) is 2. The van der Waals surface area contributed by atoms with Crippen molar-refractivity contribution in [3.63, 3.8) is 0 Å². The monoisotopic (exact) mass is 303 g/mol. The summed E-state index contributed by atoms with van der Waals surface area (Å²) in [5, 5.41) is 2.90. The van der Waals surface area contributed by atoms with Crippen molar-refractivity contribution in [2.45, 2.75) is 4.90 Å². The van der Waals surface area contributed by atoms with Gasteiger partial charge < -0.3 is 11.1 Å². The summed E-state index contributed by atoms with van der Waals surface area (Å²) in [5.41, 5.74) is 6.53. The molecule has 0 aliphatic rings. The van der Waals surface area contributed by atoms with Crippen molar-refractivity contribution in [2.24, 2.45) is 10.7 Å². The number of nitrogens with two attached hydrogens (primary N) is 1. The van der Waals surface area contributed by atoms with Gasteiger partial charge in [-0.2, -0.15) is 0 Å². The maximum absolute atomic E-state index is 12.0. The Labute approximate surface area is 124 Å². The number of hydrogen-bond acceptors (Lipinski definition) is 3. The summed E-state index contributed by atoms with van der Waals surface area (Å²) in [7, 11) is -3.32. The molecule has 0 spiro atoms. The number of guanidine groups is 1. The van der Waals surface area contributed by atoms with E-state index in [4.69, 9.17) is 5.73 Å². The van der Waals surface area contributed by atoms with Crippen LogP contribution in [0, 0.1) is 0 Å². The molecule has 6 heteroatoms. The minimum absolute atomic E-state index is 0.0752. The highest BCUT2D eigenvalue weighted by Gasteiger charge is 2.12. The summed E-state index contributed by atoms with van der Waals surface area (Å²) in [5.74, 6) is 0.123. The van der Waals surface area contributed by atoms with Crippen molar-refractivity contribution >= 4 is 21.5 Å². The number of para-hydroxylation sites is 1. The van der Waals surface area contributed by atoms with Gasteiger partial charge in [0, 0.05) is 5.69 Å². The second-order valence-corrected chi connectivity index (χ2v) is 6.50. The highest BCUT2D eigenvalue weighted by Crippen LogP contribution is 2.09. The van der Waals surface area contributed by atoms with Crippen LogP contribution in [0.15, 0.2) is 70.6 Å². The first-order valence-electron chi connectivity index (χ1n) is 6.48. The second kappa shape index (κ2) is 6.90. The molecule has 2 aromatic carbocycles. The van der Waals surface area contributed by atoms with Crippen molar-refractivity contribution in [1.82, 2.24) is 0 Å². The van der Waals surface area contributed by atoms with E-state index in [0.717, 1.165) is 5.69 Å². The molecule has 0 fully saturated rings. The predicted octanol–water partition coefficient (Wildman–Crippen LogP) is 1.89. The predicted molar refractivity (Wildman–Crippen MR) is 85.0 cm³/mol. The van der Waals surface area contributed by atoms with Crippen molar-refractivity contribution in [3.8, 4) is 0 Å². The van der Waals surface area contributed by atoms with E-state index in [1.807, 2.05) is 30.3 Å². The maximum atomic E-state index is 12.0. The Balaban J connectivity index is 1.93. The summed E-state index contributed by atoms with van der Waals surface area (Å²) in [6, 6.07) is 17.7. The summed E-state index contributed by atoms with van der Waals surface area (Å²) in [6.07, 6.45) is 0. The molecule has 2 rings (SSSR count). The average Bonchev–Trinajstić information content (AvgIpc) is 2.49. The third-order valence-corrected chi connectivity index (χ3v) is 4.50. The molecule has 21 heavy (non-hydrogen) atoms. The molecule has 0 heterocycles. The van der Waals surface area contributed by atoms with Crippen LogP contribution in [0.5, 0.6) is 0 Å². The van der Waals surface area contributed by atoms with Gasteiger partial charge in [0.2, 0.25) is 0 Å². The van der Waals surface area contributed by atoms with Crippen molar-refractivity contribution < 1.29 is 8.42 Å². The van der Waals surface area contributed by atoms with Gasteiger partial charge in [0.05, 0.1) is 17.2 Å². The number of nitrogens with one attached hydrogen (secondary N) is 1. The molecule has 0 saturated heterocycles. The van der Waals surface area contributed by atoms with Crippen LogP contribution < -0.4 is 11.1 Å². The van der Waals surface area contributed by atoms with Crippen LogP contribution in [0.2, 0.25) is 0 Å². The molecule has 5 nitrogen and oxygen atoms in total. The Hall–Kier alpha value is -2.34. The Morgan fingerprint density at radius 3 is 2.19 bits per heavy atom. The Kier molecular flexibility index (Phi) is 4.94. The number of nitrogens with zero attached hydrogens (tertiary/aromatic N) is 1. The number of sulfone groups is 1. The zero-order valence-corrected chi connectivity index (χ0v) is 12.3. The molecule has 0 radical (unpaired) electrons. The summed E-state index contributed by atoms with van der Waals surface area (Å²) >= 11 is 0. The van der Waals surface area contributed by atoms with E-state index >= 15 is 0 Å². The lowest BCUT2D eigenvalue weighted by atomic mass is 10.3. The lowest BCUT2D eigenvalue weighted by Gasteiger charge is -2.05. The zero-order chi connectivity index (χ0) is 15.1. The molecule has 3 N–H and O–H groups in total. The van der Waals surface area contributed by atoms with Gasteiger partial charge in [0.15, 0.2) is 15.8 Å². The van der Waals surface area contributed by atoms with Crippen LogP contribution in [-0.4, -0.2) is 26.7 Å². The van der Waals surface area contributed by atoms with Gasteiger partial charge in [0.1, 0.15) is 0 Å². The highest BCUT2D eigenvalue weighted by atomic mass is 32.2. The van der Waals surface area contributed by atoms with Gasteiger partial charge in [-0.15, -0.1) is 0 Å². The summed E-state index contributed by atoms with van der Waals surface area (Å²) < 4.78 is 24.1. The van der Waals surface area contributed by atoms with Crippen LogP contribution in [0.4, 0.5) is 5.69 Å². The number of anilines is 1. The first kappa shape index (κ1) is 15.1. The molecule has 0 amide bonds. The molecule has 0 unspecified atom stereocenters. The Morgan fingerprint density at radius 1 is 1.00 bits per heavy atom. The van der Waals surface area contributed by atoms with Crippen LogP contribution in [0.3, 0.4) is 0 Å². The number of rotatable bonds is 5. The standard InChI is InChI=1S/C15H17N3O2S/c16-15(18-13-7-3-1-4-8-13)17-11-12-21(19,20)14-9-5-2-6-10-14/h1-10H,11-12H2,(H3,16,17,18). The lowest BCUT2D eigenvalue weighted by molar-refractivity contribution is 0.596. The topological polar surface area (TPSA) is 84.5 Å². The van der Waals surface area contributed by atoms with Crippen molar-refractivity contribution in [3.05, 3.63) is 60.7 Å². The van der Waals surface area contributed by atoms with Gasteiger partial charge in [0.25, 0.3) is 0 Å². The summed E-state index contributed by atoms with van der Waals surface area (Å²) in [6.45, 7) is 0.114. The fourth-order valence-electron chi connectivity index (χ4n) is 1.74. The molecule has 110 valence electrons. The van der Waals surface area contributed by atoms with E-state index in [-0.39, 0.29) is 18.3 Å². The van der Waals surface area contributed by atoms with Gasteiger partial charge >= 0.3 is 0 Å². The zero-order valence-electron chi connectivity index (χ0n) is 11.4. The molecule has 0 atom stereocenters. The van der Waals surface area contributed by atoms with Gasteiger partial charge in [-0.25, -0.2) is 8.42 Å². The normalized spacial score (nSPS) is 12.1. The van der Waals surface area contributed by atoms with E-state index in [9.17, 15) is 8.42 Å². The molecular formula is C15H17N3O2S. The van der Waals surface area contributed by atoms with E-state index in [0.29, 0.717) is 4.90 Å². The highest BCUT2D eigenvalue weighted by molar-refractivity contribution is 7.91. The number of benzene rings is 2. The van der Waals surface area contributed by atoms with Crippen molar-refractivity contribution in [2.75, 3.05) is 17.6 Å². The SMILES string of the molecule is NC(=NCCS(=O)(=O)c1ccccc1)Nc1ccccc1. The molecule has 0 aliphatic carbocycles. The third-order valence-electron chi connectivity index (χ3n) is 2.79. The second-order valence-electron chi connectivity index (χ2n) is 4.39. The van der Waals surface area contributed by atoms with Gasteiger partial charge in [-0.3, -0.25) is 4.99 Å². The molecular weight excluding hydrogens is 286 g/mol. The minimum Gasteiger partial charge on any atom is -0.370 e.